The number of rotatable bonds is 1. The molecule has 1 aromatic carbocycles. The molecule has 2 aliphatic rings. The third-order valence-corrected chi connectivity index (χ3v) is 4.59. The highest BCUT2D eigenvalue weighted by atomic mass is 16.5. The van der Waals surface area contributed by atoms with E-state index >= 15 is 0 Å². The number of hydrogen-bond acceptors (Lipinski definition) is 2. The predicted octanol–water partition coefficient (Wildman–Crippen LogP) is 3.25. The second-order valence-electron chi connectivity index (χ2n) is 6.02. The lowest BCUT2D eigenvalue weighted by molar-refractivity contribution is -0.0211. The minimum Gasteiger partial charge on any atom is -0.487 e. The summed E-state index contributed by atoms with van der Waals surface area (Å²) in [6, 6.07) is 9.19. The number of piperidine rings is 1. The molecule has 0 amide bonds. The van der Waals surface area contributed by atoms with Gasteiger partial charge in [-0.1, -0.05) is 18.2 Å². The maximum absolute atomic E-state index is 6.36. The molecule has 2 heteroatoms. The number of para-hydroxylation sites is 1. The summed E-state index contributed by atoms with van der Waals surface area (Å²) in [4.78, 5) is 2.56. The van der Waals surface area contributed by atoms with E-state index in [-0.39, 0.29) is 5.60 Å². The van der Waals surface area contributed by atoms with E-state index in [1.54, 1.807) is 0 Å². The van der Waals surface area contributed by atoms with Gasteiger partial charge in [0.05, 0.1) is 0 Å². The van der Waals surface area contributed by atoms with Crippen LogP contribution in [0.1, 0.15) is 38.7 Å². The first-order valence-corrected chi connectivity index (χ1v) is 7.20. The standard InChI is InChI=1S/C16H23NO/c1-13(2)17-11-9-16(10-12-17)8-7-14-5-3-4-6-15(14)18-16/h3-6,13H,7-12H2,1-2H3. The molecule has 98 valence electrons. The number of aryl methyl sites for hydroxylation is 1. The van der Waals surface area contributed by atoms with Crippen LogP contribution < -0.4 is 4.74 Å². The van der Waals surface area contributed by atoms with Crippen LogP contribution in [0.25, 0.3) is 0 Å². The number of benzene rings is 1. The van der Waals surface area contributed by atoms with Crippen molar-refractivity contribution in [1.82, 2.24) is 4.90 Å². The molecule has 1 saturated heterocycles. The van der Waals surface area contributed by atoms with Gasteiger partial charge in [0.1, 0.15) is 11.4 Å². The molecule has 0 aliphatic carbocycles. The van der Waals surface area contributed by atoms with Gasteiger partial charge < -0.3 is 9.64 Å². The molecular formula is C16H23NO. The van der Waals surface area contributed by atoms with Crippen molar-refractivity contribution in [3.63, 3.8) is 0 Å². The van der Waals surface area contributed by atoms with Crippen LogP contribution in [0.3, 0.4) is 0 Å². The van der Waals surface area contributed by atoms with Gasteiger partial charge in [-0.25, -0.2) is 0 Å². The van der Waals surface area contributed by atoms with E-state index < -0.39 is 0 Å². The van der Waals surface area contributed by atoms with Crippen LogP contribution in [0, 0.1) is 0 Å². The van der Waals surface area contributed by atoms with Gasteiger partial charge in [0.25, 0.3) is 0 Å². The summed E-state index contributed by atoms with van der Waals surface area (Å²) < 4.78 is 6.36. The first-order chi connectivity index (χ1) is 8.69. The van der Waals surface area contributed by atoms with Crippen molar-refractivity contribution in [3.8, 4) is 5.75 Å². The summed E-state index contributed by atoms with van der Waals surface area (Å²) in [6.45, 7) is 6.93. The molecule has 1 fully saturated rings. The SMILES string of the molecule is CC(C)N1CCC2(CCc3ccccc3O2)CC1. The van der Waals surface area contributed by atoms with Crippen LogP contribution in [0.5, 0.6) is 5.75 Å². The Hall–Kier alpha value is -1.02. The molecule has 1 aromatic rings. The third-order valence-electron chi connectivity index (χ3n) is 4.59. The average Bonchev–Trinajstić information content (AvgIpc) is 2.39. The Balaban J connectivity index is 1.72. The zero-order chi connectivity index (χ0) is 12.6. The number of nitrogens with zero attached hydrogens (tertiary/aromatic N) is 1. The summed E-state index contributed by atoms with van der Waals surface area (Å²) in [6.07, 6.45) is 4.73. The lowest BCUT2D eigenvalue weighted by atomic mass is 9.83. The summed E-state index contributed by atoms with van der Waals surface area (Å²) in [5.74, 6) is 1.13. The normalized spacial score (nSPS) is 22.8. The van der Waals surface area contributed by atoms with Crippen LogP contribution in [-0.2, 0) is 6.42 Å². The van der Waals surface area contributed by atoms with Crippen molar-refractivity contribution in [1.29, 1.82) is 0 Å². The Labute approximate surface area is 110 Å². The highest BCUT2D eigenvalue weighted by molar-refractivity contribution is 5.36. The van der Waals surface area contributed by atoms with Crippen molar-refractivity contribution in [3.05, 3.63) is 29.8 Å². The molecule has 2 heterocycles. The van der Waals surface area contributed by atoms with Crippen molar-refractivity contribution < 1.29 is 4.74 Å². The van der Waals surface area contributed by atoms with Crippen molar-refractivity contribution in [2.45, 2.75) is 51.2 Å². The smallest absolute Gasteiger partial charge is 0.123 e. The molecular weight excluding hydrogens is 222 g/mol. The molecule has 18 heavy (non-hydrogen) atoms. The van der Waals surface area contributed by atoms with E-state index in [0.29, 0.717) is 6.04 Å². The number of ether oxygens (including phenoxy) is 1. The van der Waals surface area contributed by atoms with E-state index in [0.717, 1.165) is 5.75 Å². The van der Waals surface area contributed by atoms with Gasteiger partial charge in [-0.15, -0.1) is 0 Å². The molecule has 2 nitrogen and oxygen atoms in total. The fourth-order valence-electron chi connectivity index (χ4n) is 3.26. The highest BCUT2D eigenvalue weighted by Crippen LogP contribution is 2.39. The summed E-state index contributed by atoms with van der Waals surface area (Å²) in [5, 5.41) is 0. The third kappa shape index (κ3) is 2.14. The number of fused-ring (bicyclic) bond motifs is 1. The zero-order valence-electron chi connectivity index (χ0n) is 11.5. The maximum Gasteiger partial charge on any atom is 0.123 e. The molecule has 2 aliphatic heterocycles. The van der Waals surface area contributed by atoms with Crippen LogP contribution >= 0.6 is 0 Å². The topological polar surface area (TPSA) is 12.5 Å². The Bertz CT molecular complexity index is 419. The van der Waals surface area contributed by atoms with Crippen LogP contribution in [0.15, 0.2) is 24.3 Å². The predicted molar refractivity (Wildman–Crippen MR) is 74.1 cm³/mol. The van der Waals surface area contributed by atoms with E-state index in [1.165, 1.54) is 44.3 Å². The van der Waals surface area contributed by atoms with E-state index in [4.69, 9.17) is 4.74 Å². The fourth-order valence-corrected chi connectivity index (χ4v) is 3.26. The molecule has 0 atom stereocenters. The first-order valence-electron chi connectivity index (χ1n) is 7.20. The molecule has 0 N–H and O–H groups in total. The fraction of sp³-hybridized carbons (Fsp3) is 0.625. The van der Waals surface area contributed by atoms with E-state index in [2.05, 4.69) is 43.0 Å². The van der Waals surface area contributed by atoms with Crippen LogP contribution in [0.4, 0.5) is 0 Å². The zero-order valence-corrected chi connectivity index (χ0v) is 11.5. The van der Waals surface area contributed by atoms with Crippen molar-refractivity contribution in [2.24, 2.45) is 0 Å². The van der Waals surface area contributed by atoms with E-state index in [9.17, 15) is 0 Å². The van der Waals surface area contributed by atoms with Gasteiger partial charge >= 0.3 is 0 Å². The Morgan fingerprint density at radius 2 is 1.83 bits per heavy atom. The second kappa shape index (κ2) is 4.58. The van der Waals surface area contributed by atoms with E-state index in [1.807, 2.05) is 0 Å². The Morgan fingerprint density at radius 3 is 2.56 bits per heavy atom. The minimum atomic E-state index is 0.125. The molecule has 1 spiro atoms. The van der Waals surface area contributed by atoms with Gasteiger partial charge in [0.2, 0.25) is 0 Å². The lowest BCUT2D eigenvalue weighted by Crippen LogP contribution is -2.51. The van der Waals surface area contributed by atoms with Gasteiger partial charge in [-0.2, -0.15) is 0 Å². The molecule has 3 rings (SSSR count). The maximum atomic E-state index is 6.36. The summed E-state index contributed by atoms with van der Waals surface area (Å²) in [7, 11) is 0. The Kier molecular flexibility index (Phi) is 3.06. The highest BCUT2D eigenvalue weighted by Gasteiger charge is 2.39. The molecule has 0 bridgehead atoms. The van der Waals surface area contributed by atoms with Crippen LogP contribution in [-0.4, -0.2) is 29.6 Å². The quantitative estimate of drug-likeness (QED) is 0.753. The Morgan fingerprint density at radius 1 is 1.11 bits per heavy atom. The van der Waals surface area contributed by atoms with Crippen molar-refractivity contribution >= 4 is 0 Å². The molecule has 0 aromatic heterocycles. The monoisotopic (exact) mass is 245 g/mol. The molecule has 0 saturated carbocycles. The molecule has 0 radical (unpaired) electrons. The van der Waals surface area contributed by atoms with Crippen molar-refractivity contribution in [2.75, 3.05) is 13.1 Å². The number of hydrogen-bond donors (Lipinski definition) is 0. The minimum absolute atomic E-state index is 0.125. The first kappa shape index (κ1) is 12.0. The van der Waals surface area contributed by atoms with Gasteiger partial charge in [-0.05, 0) is 51.2 Å². The largest absolute Gasteiger partial charge is 0.487 e. The van der Waals surface area contributed by atoms with Gasteiger partial charge in [-0.3, -0.25) is 0 Å². The van der Waals surface area contributed by atoms with Gasteiger partial charge in [0.15, 0.2) is 0 Å². The average molecular weight is 245 g/mol. The summed E-state index contributed by atoms with van der Waals surface area (Å²) >= 11 is 0. The second-order valence-corrected chi connectivity index (χ2v) is 6.02. The van der Waals surface area contributed by atoms with Gasteiger partial charge in [0, 0.05) is 19.1 Å². The van der Waals surface area contributed by atoms with Crippen LogP contribution in [0.2, 0.25) is 0 Å². The lowest BCUT2D eigenvalue weighted by Gasteiger charge is -2.45. The number of likely N-dealkylation sites (tertiary alicyclic amines) is 1. The summed E-state index contributed by atoms with van der Waals surface area (Å²) in [5.41, 5.74) is 1.51. The molecule has 0 unspecified atom stereocenters.